The van der Waals surface area contributed by atoms with Crippen LogP contribution in [0.5, 0.6) is 5.75 Å². The summed E-state index contributed by atoms with van der Waals surface area (Å²) in [4.78, 5) is 2.31. The predicted molar refractivity (Wildman–Crippen MR) is 77.4 cm³/mol. The fourth-order valence-corrected chi connectivity index (χ4v) is 2.82. The first kappa shape index (κ1) is 15.3. The molecule has 20 heavy (non-hydrogen) atoms. The lowest BCUT2D eigenvalue weighted by molar-refractivity contribution is 0.116. The number of aliphatic hydroxyl groups is 1. The molecule has 112 valence electrons. The van der Waals surface area contributed by atoms with Gasteiger partial charge in [-0.2, -0.15) is 0 Å². The summed E-state index contributed by atoms with van der Waals surface area (Å²) in [6.07, 6.45) is 4.50. The van der Waals surface area contributed by atoms with Crippen molar-refractivity contribution >= 4 is 0 Å². The van der Waals surface area contributed by atoms with Crippen molar-refractivity contribution in [3.8, 4) is 5.75 Å². The quantitative estimate of drug-likeness (QED) is 0.870. The summed E-state index contributed by atoms with van der Waals surface area (Å²) in [5.74, 6) is 0.809. The lowest BCUT2D eigenvalue weighted by Gasteiger charge is -2.34. The third kappa shape index (κ3) is 4.46. The second-order valence-electron chi connectivity index (χ2n) is 5.64. The Labute approximate surface area is 120 Å². The fraction of sp³-hybridized carbons (Fsp3) is 0.625. The molecule has 0 aromatic heterocycles. The molecule has 2 rings (SSSR count). The monoisotopic (exact) mass is 281 g/mol. The summed E-state index contributed by atoms with van der Waals surface area (Å²) in [6, 6.07) is 6.83. The normalized spacial score (nSPS) is 23.0. The van der Waals surface area contributed by atoms with E-state index in [1.807, 2.05) is 0 Å². The van der Waals surface area contributed by atoms with Gasteiger partial charge in [-0.15, -0.1) is 0 Å². The SMILES string of the molecule is CN(CCOc1cccc(F)c1)C1CCC(CO)CC1. The van der Waals surface area contributed by atoms with E-state index in [0.29, 0.717) is 30.9 Å². The highest BCUT2D eigenvalue weighted by Crippen LogP contribution is 2.26. The number of ether oxygens (including phenoxy) is 1. The molecule has 1 aliphatic rings. The highest BCUT2D eigenvalue weighted by atomic mass is 19.1. The van der Waals surface area contributed by atoms with Gasteiger partial charge in [0.1, 0.15) is 18.2 Å². The minimum atomic E-state index is -0.266. The highest BCUT2D eigenvalue weighted by Gasteiger charge is 2.23. The Balaban J connectivity index is 1.69. The third-order valence-electron chi connectivity index (χ3n) is 4.21. The van der Waals surface area contributed by atoms with Crippen molar-refractivity contribution in [2.24, 2.45) is 5.92 Å². The van der Waals surface area contributed by atoms with Gasteiger partial charge in [-0.3, -0.25) is 0 Å². The number of aliphatic hydroxyl groups excluding tert-OH is 1. The van der Waals surface area contributed by atoms with E-state index in [2.05, 4.69) is 11.9 Å². The topological polar surface area (TPSA) is 32.7 Å². The Morgan fingerprint density at radius 3 is 2.70 bits per heavy atom. The van der Waals surface area contributed by atoms with Crippen LogP contribution in [0.3, 0.4) is 0 Å². The van der Waals surface area contributed by atoms with Crippen LogP contribution >= 0.6 is 0 Å². The van der Waals surface area contributed by atoms with Gasteiger partial charge >= 0.3 is 0 Å². The second-order valence-corrected chi connectivity index (χ2v) is 5.64. The lowest BCUT2D eigenvalue weighted by Crippen LogP contribution is -2.38. The summed E-state index contributed by atoms with van der Waals surface area (Å²) >= 11 is 0. The maximum absolute atomic E-state index is 13.0. The molecule has 0 bridgehead atoms. The number of hydrogen-bond donors (Lipinski definition) is 1. The third-order valence-corrected chi connectivity index (χ3v) is 4.21. The summed E-state index contributed by atoms with van der Waals surface area (Å²) in [7, 11) is 2.11. The minimum absolute atomic E-state index is 0.266. The maximum atomic E-state index is 13.0. The lowest BCUT2D eigenvalue weighted by atomic mass is 9.86. The van der Waals surface area contributed by atoms with Crippen molar-refractivity contribution < 1.29 is 14.2 Å². The van der Waals surface area contributed by atoms with Crippen molar-refractivity contribution in [3.05, 3.63) is 30.1 Å². The maximum Gasteiger partial charge on any atom is 0.126 e. The molecule has 0 unspecified atom stereocenters. The number of hydrogen-bond acceptors (Lipinski definition) is 3. The number of likely N-dealkylation sites (N-methyl/N-ethyl adjacent to an activating group) is 1. The molecule has 0 atom stereocenters. The van der Waals surface area contributed by atoms with Gasteiger partial charge in [0.25, 0.3) is 0 Å². The van der Waals surface area contributed by atoms with Crippen LogP contribution in [0, 0.1) is 11.7 Å². The molecule has 0 spiro atoms. The van der Waals surface area contributed by atoms with E-state index in [0.717, 1.165) is 32.2 Å². The van der Waals surface area contributed by atoms with Gasteiger partial charge in [-0.05, 0) is 50.8 Å². The average molecular weight is 281 g/mol. The van der Waals surface area contributed by atoms with Gasteiger partial charge in [-0.25, -0.2) is 4.39 Å². The van der Waals surface area contributed by atoms with Crippen LogP contribution in [-0.2, 0) is 0 Å². The zero-order valence-electron chi connectivity index (χ0n) is 12.1. The van der Waals surface area contributed by atoms with Crippen LogP contribution in [0.2, 0.25) is 0 Å². The molecular weight excluding hydrogens is 257 g/mol. The molecule has 1 aliphatic carbocycles. The average Bonchev–Trinajstić information content (AvgIpc) is 2.47. The fourth-order valence-electron chi connectivity index (χ4n) is 2.82. The standard InChI is InChI=1S/C16H24FNO2/c1-18(15-7-5-13(12-19)6-8-15)9-10-20-16-4-2-3-14(17)11-16/h2-4,11,13,15,19H,5-10,12H2,1H3. The molecule has 0 radical (unpaired) electrons. The molecule has 0 amide bonds. The van der Waals surface area contributed by atoms with Crippen molar-refractivity contribution in [1.82, 2.24) is 4.90 Å². The zero-order chi connectivity index (χ0) is 14.4. The van der Waals surface area contributed by atoms with E-state index < -0.39 is 0 Å². The first-order valence-corrected chi connectivity index (χ1v) is 7.38. The number of rotatable bonds is 6. The van der Waals surface area contributed by atoms with Crippen molar-refractivity contribution in [3.63, 3.8) is 0 Å². The number of benzene rings is 1. The molecular formula is C16H24FNO2. The smallest absolute Gasteiger partial charge is 0.126 e. The van der Waals surface area contributed by atoms with Crippen LogP contribution in [-0.4, -0.2) is 42.9 Å². The highest BCUT2D eigenvalue weighted by molar-refractivity contribution is 5.22. The van der Waals surface area contributed by atoms with Crippen LogP contribution in [0.25, 0.3) is 0 Å². The van der Waals surface area contributed by atoms with Gasteiger partial charge in [0.05, 0.1) is 0 Å². The van der Waals surface area contributed by atoms with E-state index in [9.17, 15) is 4.39 Å². The Morgan fingerprint density at radius 1 is 1.30 bits per heavy atom. The molecule has 1 aromatic carbocycles. The molecule has 3 nitrogen and oxygen atoms in total. The van der Waals surface area contributed by atoms with Crippen LogP contribution < -0.4 is 4.74 Å². The molecule has 1 fully saturated rings. The largest absolute Gasteiger partial charge is 0.492 e. The van der Waals surface area contributed by atoms with E-state index in [4.69, 9.17) is 9.84 Å². The Bertz CT molecular complexity index is 405. The van der Waals surface area contributed by atoms with E-state index in [1.54, 1.807) is 12.1 Å². The summed E-state index contributed by atoms with van der Waals surface area (Å²) < 4.78 is 18.6. The van der Waals surface area contributed by atoms with Gasteiger partial charge in [0.2, 0.25) is 0 Å². The first-order chi connectivity index (χ1) is 9.69. The van der Waals surface area contributed by atoms with E-state index >= 15 is 0 Å². The molecule has 0 aliphatic heterocycles. The Morgan fingerprint density at radius 2 is 2.05 bits per heavy atom. The van der Waals surface area contributed by atoms with E-state index in [-0.39, 0.29) is 5.82 Å². The molecule has 4 heteroatoms. The van der Waals surface area contributed by atoms with E-state index in [1.165, 1.54) is 12.1 Å². The molecule has 1 N–H and O–H groups in total. The second kappa shape index (κ2) is 7.60. The van der Waals surface area contributed by atoms with Crippen LogP contribution in [0.4, 0.5) is 4.39 Å². The predicted octanol–water partition coefficient (Wildman–Crippen LogP) is 2.69. The van der Waals surface area contributed by atoms with Gasteiger partial charge in [0.15, 0.2) is 0 Å². The van der Waals surface area contributed by atoms with Crippen molar-refractivity contribution in [2.75, 3.05) is 26.8 Å². The summed E-state index contributed by atoms with van der Waals surface area (Å²) in [6.45, 7) is 1.73. The number of halogens is 1. The van der Waals surface area contributed by atoms with Gasteiger partial charge in [0, 0.05) is 25.3 Å². The van der Waals surface area contributed by atoms with Gasteiger partial charge in [-0.1, -0.05) is 6.07 Å². The molecule has 1 aromatic rings. The van der Waals surface area contributed by atoms with Crippen molar-refractivity contribution in [1.29, 1.82) is 0 Å². The Kier molecular flexibility index (Phi) is 5.80. The summed E-state index contributed by atoms with van der Waals surface area (Å²) in [5.41, 5.74) is 0. The minimum Gasteiger partial charge on any atom is -0.492 e. The zero-order valence-corrected chi connectivity index (χ0v) is 12.1. The van der Waals surface area contributed by atoms with Crippen LogP contribution in [0.1, 0.15) is 25.7 Å². The number of nitrogens with zero attached hydrogens (tertiary/aromatic N) is 1. The summed E-state index contributed by atoms with van der Waals surface area (Å²) in [5, 5.41) is 9.14. The van der Waals surface area contributed by atoms with Crippen LogP contribution in [0.15, 0.2) is 24.3 Å². The molecule has 1 saturated carbocycles. The van der Waals surface area contributed by atoms with Crippen molar-refractivity contribution in [2.45, 2.75) is 31.7 Å². The Hall–Kier alpha value is -1.13. The molecule has 0 saturated heterocycles. The molecule has 0 heterocycles. The van der Waals surface area contributed by atoms with Gasteiger partial charge < -0.3 is 14.7 Å². The first-order valence-electron chi connectivity index (χ1n) is 7.38.